The van der Waals surface area contributed by atoms with Gasteiger partial charge in [0.2, 0.25) is 10.0 Å². The average Bonchev–Trinajstić information content (AvgIpc) is 2.64. The van der Waals surface area contributed by atoms with Crippen molar-refractivity contribution in [2.24, 2.45) is 0 Å². The van der Waals surface area contributed by atoms with Crippen LogP contribution in [0.2, 0.25) is 0 Å². The molecule has 1 aliphatic rings. The van der Waals surface area contributed by atoms with Crippen molar-refractivity contribution in [3.63, 3.8) is 0 Å². The van der Waals surface area contributed by atoms with Gasteiger partial charge in [0.1, 0.15) is 11.6 Å². The Morgan fingerprint density at radius 3 is 2.44 bits per heavy atom. The molecule has 0 spiro atoms. The molecule has 0 N–H and O–H groups in total. The monoisotopic (exact) mass is 365 g/mol. The Hall–Kier alpha value is -2.29. The minimum Gasteiger partial charge on any atom is -0.423 e. The summed E-state index contributed by atoms with van der Waals surface area (Å²) in [6.07, 6.45) is 0. The maximum absolute atomic E-state index is 12.9. The van der Waals surface area contributed by atoms with Crippen molar-refractivity contribution >= 4 is 16.0 Å². The van der Waals surface area contributed by atoms with Crippen molar-refractivity contribution in [3.8, 4) is 5.75 Å². The fourth-order valence-corrected chi connectivity index (χ4v) is 3.84. The maximum Gasteiger partial charge on any atom is 0.343 e. The second-order valence-electron chi connectivity index (χ2n) is 5.39. The minimum atomic E-state index is -3.70. The number of ether oxygens (including phenoxy) is 2. The molecule has 0 saturated carbocycles. The molecule has 0 aromatic heterocycles. The normalized spacial score (nSPS) is 15.7. The fraction of sp³-hybridized carbons (Fsp3) is 0.235. The maximum atomic E-state index is 12.9. The molecule has 1 saturated heterocycles. The smallest absolute Gasteiger partial charge is 0.343 e. The number of carbonyl (C=O) groups excluding carboxylic acids is 1. The highest BCUT2D eigenvalue weighted by Gasteiger charge is 2.27. The Morgan fingerprint density at radius 2 is 1.76 bits per heavy atom. The largest absolute Gasteiger partial charge is 0.423 e. The van der Waals surface area contributed by atoms with Crippen LogP contribution in [-0.2, 0) is 14.8 Å². The van der Waals surface area contributed by atoms with E-state index in [-0.39, 0.29) is 29.3 Å². The zero-order valence-corrected chi connectivity index (χ0v) is 14.0. The van der Waals surface area contributed by atoms with E-state index in [1.807, 2.05) is 0 Å². The Kier molecular flexibility index (Phi) is 5.12. The lowest BCUT2D eigenvalue weighted by molar-refractivity contribution is 0.0727. The van der Waals surface area contributed by atoms with E-state index in [0.29, 0.717) is 13.2 Å². The van der Waals surface area contributed by atoms with Gasteiger partial charge in [-0.3, -0.25) is 0 Å². The molecule has 0 amide bonds. The number of hydrogen-bond acceptors (Lipinski definition) is 5. The molecular weight excluding hydrogens is 349 g/mol. The summed E-state index contributed by atoms with van der Waals surface area (Å²) in [6.45, 7) is 1.22. The standard InChI is InChI=1S/C17H16FNO5S/c18-14-4-6-15(7-5-14)24-17(20)13-2-1-3-16(12-13)25(21,22)19-8-10-23-11-9-19/h1-7,12H,8-11H2. The third-order valence-electron chi connectivity index (χ3n) is 3.70. The zero-order chi connectivity index (χ0) is 17.9. The van der Waals surface area contributed by atoms with Crippen LogP contribution in [0.25, 0.3) is 0 Å². The van der Waals surface area contributed by atoms with Crippen LogP contribution in [0.15, 0.2) is 53.4 Å². The predicted octanol–water partition coefficient (Wildman–Crippen LogP) is 2.07. The number of sulfonamides is 1. The Balaban J connectivity index is 1.80. The van der Waals surface area contributed by atoms with Gasteiger partial charge in [-0.05, 0) is 42.5 Å². The molecule has 0 atom stereocenters. The van der Waals surface area contributed by atoms with Gasteiger partial charge in [0.25, 0.3) is 0 Å². The number of benzene rings is 2. The Bertz CT molecular complexity index is 861. The molecule has 25 heavy (non-hydrogen) atoms. The van der Waals surface area contributed by atoms with E-state index in [1.165, 1.54) is 52.8 Å². The first-order valence-corrected chi connectivity index (χ1v) is 9.06. The van der Waals surface area contributed by atoms with Gasteiger partial charge in [-0.15, -0.1) is 0 Å². The number of halogens is 1. The summed E-state index contributed by atoms with van der Waals surface area (Å²) >= 11 is 0. The summed E-state index contributed by atoms with van der Waals surface area (Å²) < 4.78 is 49.8. The fourth-order valence-electron chi connectivity index (χ4n) is 2.39. The summed E-state index contributed by atoms with van der Waals surface area (Å²) in [6, 6.07) is 10.6. The van der Waals surface area contributed by atoms with Crippen LogP contribution in [0.1, 0.15) is 10.4 Å². The van der Waals surface area contributed by atoms with Gasteiger partial charge in [-0.25, -0.2) is 17.6 Å². The number of morpholine rings is 1. The van der Waals surface area contributed by atoms with Gasteiger partial charge in [0.05, 0.1) is 23.7 Å². The molecule has 1 aliphatic heterocycles. The number of carbonyl (C=O) groups is 1. The number of esters is 1. The molecule has 0 radical (unpaired) electrons. The SMILES string of the molecule is O=C(Oc1ccc(F)cc1)c1cccc(S(=O)(=O)N2CCOCC2)c1. The Labute approximate surface area is 144 Å². The van der Waals surface area contributed by atoms with E-state index in [2.05, 4.69) is 0 Å². The van der Waals surface area contributed by atoms with Crippen LogP contribution in [0.3, 0.4) is 0 Å². The van der Waals surface area contributed by atoms with E-state index in [1.54, 1.807) is 0 Å². The van der Waals surface area contributed by atoms with Gasteiger partial charge in [-0.1, -0.05) is 6.07 Å². The highest BCUT2D eigenvalue weighted by molar-refractivity contribution is 7.89. The molecule has 0 bridgehead atoms. The molecule has 2 aromatic rings. The van der Waals surface area contributed by atoms with Crippen LogP contribution in [0, 0.1) is 5.82 Å². The molecule has 6 nitrogen and oxygen atoms in total. The van der Waals surface area contributed by atoms with Crippen molar-refractivity contribution in [2.75, 3.05) is 26.3 Å². The lowest BCUT2D eigenvalue weighted by atomic mass is 10.2. The van der Waals surface area contributed by atoms with Crippen molar-refractivity contribution in [1.29, 1.82) is 0 Å². The van der Waals surface area contributed by atoms with Crippen molar-refractivity contribution < 1.29 is 27.1 Å². The first-order chi connectivity index (χ1) is 12.0. The van der Waals surface area contributed by atoms with E-state index in [9.17, 15) is 17.6 Å². The Morgan fingerprint density at radius 1 is 1.08 bits per heavy atom. The quantitative estimate of drug-likeness (QED) is 0.613. The third-order valence-corrected chi connectivity index (χ3v) is 5.60. The molecule has 1 fully saturated rings. The number of rotatable bonds is 4. The first kappa shape index (κ1) is 17.5. The highest BCUT2D eigenvalue weighted by atomic mass is 32.2. The van der Waals surface area contributed by atoms with Crippen LogP contribution in [-0.4, -0.2) is 45.0 Å². The van der Waals surface area contributed by atoms with E-state index in [0.717, 1.165) is 0 Å². The lowest BCUT2D eigenvalue weighted by Gasteiger charge is -2.26. The molecular formula is C17H16FNO5S. The van der Waals surface area contributed by atoms with Gasteiger partial charge in [0, 0.05) is 13.1 Å². The van der Waals surface area contributed by atoms with Crippen LogP contribution in [0.4, 0.5) is 4.39 Å². The van der Waals surface area contributed by atoms with Gasteiger partial charge >= 0.3 is 5.97 Å². The van der Waals surface area contributed by atoms with Crippen molar-refractivity contribution in [3.05, 3.63) is 59.9 Å². The summed E-state index contributed by atoms with van der Waals surface area (Å²) in [7, 11) is -3.70. The third kappa shape index (κ3) is 4.04. The second kappa shape index (κ2) is 7.30. The van der Waals surface area contributed by atoms with E-state index < -0.39 is 21.8 Å². The van der Waals surface area contributed by atoms with Crippen molar-refractivity contribution in [2.45, 2.75) is 4.90 Å². The topological polar surface area (TPSA) is 72.9 Å². The van der Waals surface area contributed by atoms with Crippen LogP contribution < -0.4 is 4.74 Å². The highest BCUT2D eigenvalue weighted by Crippen LogP contribution is 2.20. The molecule has 0 unspecified atom stereocenters. The first-order valence-electron chi connectivity index (χ1n) is 7.62. The molecule has 2 aromatic carbocycles. The summed E-state index contributed by atoms with van der Waals surface area (Å²) in [5, 5.41) is 0. The predicted molar refractivity (Wildman–Crippen MR) is 87.4 cm³/mol. The zero-order valence-electron chi connectivity index (χ0n) is 13.2. The van der Waals surface area contributed by atoms with Crippen LogP contribution in [0.5, 0.6) is 5.75 Å². The van der Waals surface area contributed by atoms with E-state index in [4.69, 9.17) is 9.47 Å². The summed E-state index contributed by atoms with van der Waals surface area (Å²) in [5.41, 5.74) is 0.0960. The van der Waals surface area contributed by atoms with Crippen molar-refractivity contribution in [1.82, 2.24) is 4.31 Å². The molecule has 3 rings (SSSR count). The van der Waals surface area contributed by atoms with Gasteiger partial charge in [-0.2, -0.15) is 4.31 Å². The second-order valence-corrected chi connectivity index (χ2v) is 7.33. The molecule has 132 valence electrons. The van der Waals surface area contributed by atoms with Gasteiger partial charge in [0.15, 0.2) is 0 Å². The number of hydrogen-bond donors (Lipinski definition) is 0. The van der Waals surface area contributed by atoms with E-state index >= 15 is 0 Å². The molecule has 1 heterocycles. The lowest BCUT2D eigenvalue weighted by Crippen LogP contribution is -2.40. The van der Waals surface area contributed by atoms with Crippen LogP contribution >= 0.6 is 0 Å². The summed E-state index contributed by atoms with van der Waals surface area (Å²) in [5.74, 6) is -0.989. The molecule has 8 heteroatoms. The van der Waals surface area contributed by atoms with Gasteiger partial charge < -0.3 is 9.47 Å². The molecule has 0 aliphatic carbocycles. The average molecular weight is 365 g/mol. The number of nitrogens with zero attached hydrogens (tertiary/aromatic N) is 1. The minimum absolute atomic E-state index is 0.0166. The summed E-state index contributed by atoms with van der Waals surface area (Å²) in [4.78, 5) is 12.2.